The van der Waals surface area contributed by atoms with E-state index < -0.39 is 6.10 Å². The fraction of sp³-hybridized carbons (Fsp3) is 0.222. The first-order chi connectivity index (χ1) is 11.4. The number of benzene rings is 2. The van der Waals surface area contributed by atoms with Crippen LogP contribution in [0.25, 0.3) is 21.9 Å². The second-order valence-electron chi connectivity index (χ2n) is 5.45. The van der Waals surface area contributed by atoms with Gasteiger partial charge in [0.15, 0.2) is 23.2 Å². The van der Waals surface area contributed by atoms with Crippen LogP contribution < -0.4 is 14.9 Å². The number of aromatic hydroxyl groups is 1. The van der Waals surface area contributed by atoms with E-state index in [0.717, 1.165) is 0 Å². The highest BCUT2D eigenvalue weighted by molar-refractivity contribution is 5.95. The zero-order chi connectivity index (χ0) is 17.4. The molecule has 124 valence electrons. The first kappa shape index (κ1) is 15.9. The molecule has 1 heterocycles. The molecule has 0 spiro atoms. The Kier molecular flexibility index (Phi) is 3.89. The molecule has 0 saturated carbocycles. The van der Waals surface area contributed by atoms with Gasteiger partial charge in [-0.2, -0.15) is 0 Å². The number of ether oxygens (including phenoxy) is 2. The van der Waals surface area contributed by atoms with Gasteiger partial charge in [-0.3, -0.25) is 9.59 Å². The SMILES string of the molecule is COc1cccc2c(=O)c3c(O)cc(O[C@H](C)C(C)=O)cc3oc12. The molecule has 1 N–H and O–H groups in total. The molecule has 0 amide bonds. The standard InChI is InChI=1S/C18H16O6/c1-9(19)10(2)23-11-7-13(20)16-15(8-11)24-18-12(17(16)21)5-4-6-14(18)22-3/h4-8,10,20H,1-3H3/t10-/m1/s1. The number of phenols is 1. The van der Waals surface area contributed by atoms with Crippen molar-refractivity contribution in [1.82, 2.24) is 0 Å². The zero-order valence-corrected chi connectivity index (χ0v) is 13.5. The third-order valence-corrected chi connectivity index (χ3v) is 3.82. The summed E-state index contributed by atoms with van der Waals surface area (Å²) in [6.45, 7) is 3.01. The number of para-hydroxylation sites is 1. The van der Waals surface area contributed by atoms with Crippen LogP contribution in [0.3, 0.4) is 0 Å². The molecule has 1 aromatic heterocycles. The molecule has 3 aromatic rings. The van der Waals surface area contributed by atoms with Gasteiger partial charge in [-0.25, -0.2) is 0 Å². The minimum Gasteiger partial charge on any atom is -0.507 e. The molecular formula is C18H16O6. The van der Waals surface area contributed by atoms with Gasteiger partial charge in [-0.15, -0.1) is 0 Å². The highest BCUT2D eigenvalue weighted by Gasteiger charge is 2.17. The Morgan fingerprint density at radius 1 is 1.29 bits per heavy atom. The summed E-state index contributed by atoms with van der Waals surface area (Å²) in [6.07, 6.45) is -0.677. The second-order valence-corrected chi connectivity index (χ2v) is 5.45. The predicted molar refractivity (Wildman–Crippen MR) is 89.0 cm³/mol. The molecule has 2 aromatic carbocycles. The first-order valence-electron chi connectivity index (χ1n) is 7.36. The van der Waals surface area contributed by atoms with E-state index in [1.54, 1.807) is 25.1 Å². The number of carbonyl (C=O) groups excluding carboxylic acids is 1. The Labute approximate surface area is 137 Å². The van der Waals surface area contributed by atoms with Crippen LogP contribution in [0, 0.1) is 0 Å². The van der Waals surface area contributed by atoms with E-state index in [-0.39, 0.29) is 39.3 Å². The minimum absolute atomic E-state index is 0.0542. The van der Waals surface area contributed by atoms with Crippen LogP contribution in [0.1, 0.15) is 13.8 Å². The number of rotatable bonds is 4. The van der Waals surface area contributed by atoms with Crippen molar-refractivity contribution in [3.63, 3.8) is 0 Å². The summed E-state index contributed by atoms with van der Waals surface area (Å²) < 4.78 is 16.4. The minimum atomic E-state index is -0.677. The van der Waals surface area contributed by atoms with E-state index in [0.29, 0.717) is 11.1 Å². The Hall–Kier alpha value is -3.02. The fourth-order valence-corrected chi connectivity index (χ4v) is 2.45. The van der Waals surface area contributed by atoms with Crippen molar-refractivity contribution in [3.8, 4) is 17.2 Å². The molecule has 0 aliphatic carbocycles. The van der Waals surface area contributed by atoms with Gasteiger partial charge in [-0.05, 0) is 26.0 Å². The van der Waals surface area contributed by atoms with Gasteiger partial charge in [0.25, 0.3) is 0 Å². The van der Waals surface area contributed by atoms with Crippen LogP contribution in [0.5, 0.6) is 17.2 Å². The molecule has 0 aliphatic heterocycles. The third-order valence-electron chi connectivity index (χ3n) is 3.82. The largest absolute Gasteiger partial charge is 0.507 e. The topological polar surface area (TPSA) is 86.0 Å². The van der Waals surface area contributed by atoms with E-state index >= 15 is 0 Å². The molecule has 0 bridgehead atoms. The van der Waals surface area contributed by atoms with Crippen LogP contribution in [-0.2, 0) is 4.79 Å². The van der Waals surface area contributed by atoms with E-state index in [2.05, 4.69) is 0 Å². The van der Waals surface area contributed by atoms with E-state index in [9.17, 15) is 14.7 Å². The molecule has 6 heteroatoms. The zero-order valence-electron chi connectivity index (χ0n) is 13.5. The number of ketones is 1. The summed E-state index contributed by atoms with van der Waals surface area (Å²) in [5.74, 6) is 0.224. The average molecular weight is 328 g/mol. The van der Waals surface area contributed by atoms with Gasteiger partial charge in [-0.1, -0.05) is 6.07 Å². The predicted octanol–water partition coefficient (Wildman–Crippen LogP) is 3.02. The van der Waals surface area contributed by atoms with Crippen LogP contribution in [0.2, 0.25) is 0 Å². The Bertz CT molecular complexity index is 1000. The van der Waals surface area contributed by atoms with Crippen molar-refractivity contribution in [2.45, 2.75) is 20.0 Å². The molecule has 24 heavy (non-hydrogen) atoms. The van der Waals surface area contributed by atoms with Gasteiger partial charge < -0.3 is 19.0 Å². The van der Waals surface area contributed by atoms with Crippen molar-refractivity contribution < 1.29 is 23.8 Å². The van der Waals surface area contributed by atoms with E-state index in [4.69, 9.17) is 13.9 Å². The number of phenolic OH excluding ortho intramolecular Hbond substituents is 1. The number of hydrogen-bond donors (Lipinski definition) is 1. The quantitative estimate of drug-likeness (QED) is 0.741. The molecule has 0 aliphatic rings. The summed E-state index contributed by atoms with van der Waals surface area (Å²) in [7, 11) is 1.48. The average Bonchev–Trinajstić information content (AvgIpc) is 2.53. The monoisotopic (exact) mass is 328 g/mol. The summed E-state index contributed by atoms with van der Waals surface area (Å²) in [5, 5.41) is 10.6. The first-order valence-corrected chi connectivity index (χ1v) is 7.36. The van der Waals surface area contributed by atoms with Crippen LogP contribution in [0.4, 0.5) is 0 Å². The highest BCUT2D eigenvalue weighted by atomic mass is 16.5. The molecule has 0 saturated heterocycles. The van der Waals surface area contributed by atoms with Crippen molar-refractivity contribution in [1.29, 1.82) is 0 Å². The Morgan fingerprint density at radius 3 is 2.71 bits per heavy atom. The fourth-order valence-electron chi connectivity index (χ4n) is 2.45. The van der Waals surface area contributed by atoms with E-state index in [1.165, 1.54) is 26.2 Å². The molecule has 1 atom stereocenters. The lowest BCUT2D eigenvalue weighted by atomic mass is 10.1. The summed E-state index contributed by atoms with van der Waals surface area (Å²) in [5.41, 5.74) is 0.0743. The number of carbonyl (C=O) groups is 1. The molecule has 3 rings (SSSR count). The lowest BCUT2D eigenvalue weighted by Crippen LogP contribution is -2.20. The molecule has 0 fully saturated rings. The van der Waals surface area contributed by atoms with E-state index in [1.807, 2.05) is 0 Å². The molecular weight excluding hydrogens is 312 g/mol. The van der Waals surface area contributed by atoms with Crippen molar-refractivity contribution in [2.75, 3.05) is 7.11 Å². The van der Waals surface area contributed by atoms with Gasteiger partial charge in [0.2, 0.25) is 5.43 Å². The maximum Gasteiger partial charge on any atom is 0.204 e. The lowest BCUT2D eigenvalue weighted by Gasteiger charge is -2.13. The van der Waals surface area contributed by atoms with Gasteiger partial charge in [0, 0.05) is 12.1 Å². The van der Waals surface area contributed by atoms with Crippen molar-refractivity contribution in [3.05, 3.63) is 40.6 Å². The number of Topliss-reactive ketones (excluding diaryl/α,β-unsaturated/α-hetero) is 1. The van der Waals surface area contributed by atoms with Crippen molar-refractivity contribution in [2.24, 2.45) is 0 Å². The smallest absolute Gasteiger partial charge is 0.204 e. The van der Waals surface area contributed by atoms with Gasteiger partial charge >= 0.3 is 0 Å². The third kappa shape index (κ3) is 2.56. The molecule has 6 nitrogen and oxygen atoms in total. The molecule has 0 radical (unpaired) electrons. The van der Waals surface area contributed by atoms with Gasteiger partial charge in [0.05, 0.1) is 12.5 Å². The normalized spacial score (nSPS) is 12.3. The Morgan fingerprint density at radius 2 is 2.04 bits per heavy atom. The Balaban J connectivity index is 2.28. The van der Waals surface area contributed by atoms with Crippen molar-refractivity contribution >= 4 is 27.7 Å². The summed E-state index contributed by atoms with van der Waals surface area (Å²) in [6, 6.07) is 7.72. The lowest BCUT2D eigenvalue weighted by molar-refractivity contribution is -0.122. The maximum atomic E-state index is 12.6. The van der Waals surface area contributed by atoms with Crippen LogP contribution >= 0.6 is 0 Å². The highest BCUT2D eigenvalue weighted by Crippen LogP contribution is 2.33. The summed E-state index contributed by atoms with van der Waals surface area (Å²) >= 11 is 0. The maximum absolute atomic E-state index is 12.6. The second kappa shape index (κ2) is 5.88. The number of methoxy groups -OCH3 is 1. The molecule has 0 unspecified atom stereocenters. The van der Waals surface area contributed by atoms with Gasteiger partial charge in [0.1, 0.15) is 22.5 Å². The summed E-state index contributed by atoms with van der Waals surface area (Å²) in [4.78, 5) is 24.0. The van der Waals surface area contributed by atoms with Crippen LogP contribution in [0.15, 0.2) is 39.5 Å². The van der Waals surface area contributed by atoms with Crippen LogP contribution in [-0.4, -0.2) is 24.1 Å². The number of hydrogen-bond acceptors (Lipinski definition) is 6. The number of fused-ring (bicyclic) bond motifs is 2.